The number of nitrogens with one attached hydrogen (secondary N) is 1. The van der Waals surface area contributed by atoms with Gasteiger partial charge in [0.05, 0.1) is 0 Å². The normalized spacial score (nSPS) is 18.4. The summed E-state index contributed by atoms with van der Waals surface area (Å²) in [4.78, 5) is 2.05. The summed E-state index contributed by atoms with van der Waals surface area (Å²) in [7, 11) is 0.641. The van der Waals surface area contributed by atoms with Gasteiger partial charge in [0.15, 0.2) is 0 Å². The van der Waals surface area contributed by atoms with Crippen LogP contribution in [0.4, 0.5) is 5.69 Å². The summed E-state index contributed by atoms with van der Waals surface area (Å²) in [5.74, 6) is 0. The van der Waals surface area contributed by atoms with Crippen molar-refractivity contribution in [1.29, 1.82) is 0 Å². The number of nitrogens with zero attached hydrogens (tertiary/aromatic N) is 2. The predicted molar refractivity (Wildman–Crippen MR) is 96.0 cm³/mol. The van der Waals surface area contributed by atoms with E-state index < -0.39 is 10.2 Å². The highest BCUT2D eigenvalue weighted by atomic mass is 32.2. The van der Waals surface area contributed by atoms with E-state index in [1.54, 1.807) is 4.31 Å². The van der Waals surface area contributed by atoms with Gasteiger partial charge in [-0.15, -0.1) is 0 Å². The molecule has 0 saturated carbocycles. The maximum atomic E-state index is 12.5. The summed E-state index contributed by atoms with van der Waals surface area (Å²) in [5, 5.41) is 0. The highest BCUT2D eigenvalue weighted by Gasteiger charge is 2.24. The molecule has 0 spiro atoms. The third-order valence-electron chi connectivity index (χ3n) is 4.25. The van der Waals surface area contributed by atoms with Crippen LogP contribution < -0.4 is 9.62 Å². The van der Waals surface area contributed by atoms with Crippen LogP contribution in [0.5, 0.6) is 0 Å². The summed E-state index contributed by atoms with van der Waals surface area (Å²) in [6, 6.07) is 8.13. The Morgan fingerprint density at radius 1 is 1.09 bits per heavy atom. The Labute approximate surface area is 140 Å². The van der Waals surface area contributed by atoms with E-state index in [0.717, 1.165) is 36.9 Å². The van der Waals surface area contributed by atoms with Crippen molar-refractivity contribution < 1.29 is 8.42 Å². The van der Waals surface area contributed by atoms with Gasteiger partial charge in [-0.25, -0.2) is 0 Å². The fraction of sp³-hybridized carbons (Fsp3) is 0.647. The first-order chi connectivity index (χ1) is 10.9. The first-order valence-corrected chi connectivity index (χ1v) is 9.86. The molecule has 1 saturated heterocycles. The van der Waals surface area contributed by atoms with Crippen molar-refractivity contribution in [2.24, 2.45) is 0 Å². The molecule has 0 amide bonds. The molecule has 1 fully saturated rings. The van der Waals surface area contributed by atoms with E-state index in [0.29, 0.717) is 19.5 Å². The highest BCUT2D eigenvalue weighted by molar-refractivity contribution is 7.87. The van der Waals surface area contributed by atoms with E-state index in [1.807, 2.05) is 21.0 Å². The van der Waals surface area contributed by atoms with Crippen molar-refractivity contribution in [1.82, 2.24) is 9.03 Å². The Morgan fingerprint density at radius 3 is 2.17 bits per heavy atom. The molecule has 0 aliphatic carbocycles. The molecule has 1 heterocycles. The van der Waals surface area contributed by atoms with Crippen LogP contribution in [0.2, 0.25) is 0 Å². The second-order valence-electron chi connectivity index (χ2n) is 6.60. The zero-order chi connectivity index (χ0) is 16.9. The molecule has 1 aliphatic heterocycles. The molecule has 1 aromatic carbocycles. The molecule has 1 aromatic rings. The molecule has 0 aromatic heterocycles. The van der Waals surface area contributed by atoms with Crippen molar-refractivity contribution in [2.45, 2.75) is 45.1 Å². The third kappa shape index (κ3) is 5.48. The van der Waals surface area contributed by atoms with Gasteiger partial charge in [0, 0.05) is 38.9 Å². The lowest BCUT2D eigenvalue weighted by Crippen LogP contribution is -2.45. The SMILES string of the molecule is C[C@@H](Cc1ccc(N(C)C)cc1)NS(=O)(=O)N1CCCCCC1. The Kier molecular flexibility index (Phi) is 6.44. The molecule has 2 rings (SSSR count). The molecule has 23 heavy (non-hydrogen) atoms. The number of hydrogen-bond donors (Lipinski definition) is 1. The van der Waals surface area contributed by atoms with Crippen LogP contribution in [-0.2, 0) is 16.6 Å². The van der Waals surface area contributed by atoms with Crippen LogP contribution >= 0.6 is 0 Å². The number of anilines is 1. The van der Waals surface area contributed by atoms with Crippen molar-refractivity contribution in [3.05, 3.63) is 29.8 Å². The number of hydrogen-bond acceptors (Lipinski definition) is 3. The maximum absolute atomic E-state index is 12.5. The molecule has 0 radical (unpaired) electrons. The van der Waals surface area contributed by atoms with Crippen LogP contribution in [-0.4, -0.2) is 45.9 Å². The molecule has 1 atom stereocenters. The number of rotatable bonds is 6. The predicted octanol–water partition coefficient (Wildman–Crippen LogP) is 2.39. The van der Waals surface area contributed by atoms with Crippen LogP contribution in [0.3, 0.4) is 0 Å². The Morgan fingerprint density at radius 2 is 1.65 bits per heavy atom. The van der Waals surface area contributed by atoms with E-state index in [-0.39, 0.29) is 6.04 Å². The molecule has 130 valence electrons. The Hall–Kier alpha value is -1.11. The van der Waals surface area contributed by atoms with Gasteiger partial charge in [0.2, 0.25) is 0 Å². The zero-order valence-electron chi connectivity index (χ0n) is 14.5. The van der Waals surface area contributed by atoms with Crippen molar-refractivity contribution in [3.63, 3.8) is 0 Å². The van der Waals surface area contributed by atoms with Crippen LogP contribution in [0.25, 0.3) is 0 Å². The topological polar surface area (TPSA) is 52.7 Å². The minimum absolute atomic E-state index is 0.117. The van der Waals surface area contributed by atoms with Gasteiger partial charge in [-0.2, -0.15) is 17.4 Å². The van der Waals surface area contributed by atoms with E-state index in [9.17, 15) is 8.42 Å². The van der Waals surface area contributed by atoms with Crippen LogP contribution in [0.1, 0.15) is 38.2 Å². The third-order valence-corrected chi connectivity index (χ3v) is 5.99. The minimum atomic E-state index is -3.37. The maximum Gasteiger partial charge on any atom is 0.279 e. The lowest BCUT2D eigenvalue weighted by Gasteiger charge is -2.23. The van der Waals surface area contributed by atoms with E-state index >= 15 is 0 Å². The van der Waals surface area contributed by atoms with Crippen LogP contribution in [0, 0.1) is 0 Å². The van der Waals surface area contributed by atoms with Gasteiger partial charge in [0.25, 0.3) is 10.2 Å². The van der Waals surface area contributed by atoms with Crippen LogP contribution in [0.15, 0.2) is 24.3 Å². The van der Waals surface area contributed by atoms with E-state index in [4.69, 9.17) is 0 Å². The van der Waals surface area contributed by atoms with Gasteiger partial charge in [-0.3, -0.25) is 0 Å². The second-order valence-corrected chi connectivity index (χ2v) is 8.30. The molecule has 1 N–H and O–H groups in total. The quantitative estimate of drug-likeness (QED) is 0.866. The first-order valence-electron chi connectivity index (χ1n) is 8.42. The molecular formula is C17H29N3O2S. The van der Waals surface area contributed by atoms with E-state index in [2.05, 4.69) is 33.9 Å². The fourth-order valence-electron chi connectivity index (χ4n) is 2.94. The monoisotopic (exact) mass is 339 g/mol. The van der Waals surface area contributed by atoms with Crippen molar-refractivity contribution in [3.8, 4) is 0 Å². The number of benzene rings is 1. The highest BCUT2D eigenvalue weighted by Crippen LogP contribution is 2.15. The minimum Gasteiger partial charge on any atom is -0.378 e. The van der Waals surface area contributed by atoms with Gasteiger partial charge < -0.3 is 4.90 Å². The summed E-state index contributed by atoms with van der Waals surface area (Å²) in [6.45, 7) is 3.20. The smallest absolute Gasteiger partial charge is 0.279 e. The molecular weight excluding hydrogens is 310 g/mol. The fourth-order valence-corrected chi connectivity index (χ4v) is 4.42. The first kappa shape index (κ1) is 18.2. The molecule has 1 aliphatic rings. The second kappa shape index (κ2) is 8.13. The van der Waals surface area contributed by atoms with E-state index in [1.165, 1.54) is 0 Å². The zero-order valence-corrected chi connectivity index (χ0v) is 15.3. The van der Waals surface area contributed by atoms with Gasteiger partial charge in [0.1, 0.15) is 0 Å². The molecule has 5 nitrogen and oxygen atoms in total. The van der Waals surface area contributed by atoms with Crippen molar-refractivity contribution in [2.75, 3.05) is 32.1 Å². The lowest BCUT2D eigenvalue weighted by molar-refractivity contribution is 0.408. The average molecular weight is 340 g/mol. The van der Waals surface area contributed by atoms with Gasteiger partial charge in [-0.1, -0.05) is 25.0 Å². The standard InChI is InChI=1S/C17H29N3O2S/c1-15(14-16-8-10-17(11-9-16)19(2)3)18-23(21,22)20-12-6-4-5-7-13-20/h8-11,15,18H,4-7,12-14H2,1-3H3/t15-/m0/s1. The molecule has 0 unspecified atom stereocenters. The lowest BCUT2D eigenvalue weighted by atomic mass is 10.1. The summed E-state index contributed by atoms with van der Waals surface area (Å²) in [6.07, 6.45) is 4.86. The summed E-state index contributed by atoms with van der Waals surface area (Å²) < 4.78 is 29.4. The van der Waals surface area contributed by atoms with Crippen molar-refractivity contribution >= 4 is 15.9 Å². The molecule has 0 bridgehead atoms. The van der Waals surface area contributed by atoms with Gasteiger partial charge >= 0.3 is 0 Å². The summed E-state index contributed by atoms with van der Waals surface area (Å²) >= 11 is 0. The largest absolute Gasteiger partial charge is 0.378 e. The van der Waals surface area contributed by atoms with Gasteiger partial charge in [-0.05, 0) is 43.9 Å². The Bertz CT molecular complexity index is 576. The Balaban J connectivity index is 1.93. The summed E-state index contributed by atoms with van der Waals surface area (Å²) in [5.41, 5.74) is 2.29. The molecule has 6 heteroatoms. The average Bonchev–Trinajstić information content (AvgIpc) is 2.76.